The number of anilines is 1. The molecule has 0 aromatic carbocycles. The molecular weight excluding hydrogens is 268 g/mol. The Hall–Kier alpha value is -1.85. The second-order valence-electron chi connectivity index (χ2n) is 5.35. The van der Waals surface area contributed by atoms with Gasteiger partial charge in [0.1, 0.15) is 12.1 Å². The Kier molecular flexibility index (Phi) is 5.36. The van der Waals surface area contributed by atoms with Crippen LogP contribution < -0.4 is 4.90 Å². The molecular formula is C15H24N4O2. The van der Waals surface area contributed by atoms with E-state index in [9.17, 15) is 4.79 Å². The van der Waals surface area contributed by atoms with Crippen molar-refractivity contribution in [2.45, 2.75) is 33.6 Å². The molecule has 1 amide bonds. The van der Waals surface area contributed by atoms with Crippen molar-refractivity contribution in [2.24, 2.45) is 0 Å². The number of rotatable bonds is 4. The molecule has 0 spiro atoms. The molecule has 0 unspecified atom stereocenters. The SMILES string of the molecule is CCCCOC(=O)N1CCN(c2ncnc(C)c2C)CC1. The second kappa shape index (κ2) is 7.24. The minimum Gasteiger partial charge on any atom is -0.449 e. The quantitative estimate of drug-likeness (QED) is 0.796. The van der Waals surface area contributed by atoms with E-state index in [0.717, 1.165) is 43.0 Å². The van der Waals surface area contributed by atoms with Gasteiger partial charge in [-0.3, -0.25) is 0 Å². The Labute approximate surface area is 126 Å². The van der Waals surface area contributed by atoms with E-state index in [4.69, 9.17) is 4.74 Å². The van der Waals surface area contributed by atoms with Crippen LogP contribution in [0.1, 0.15) is 31.0 Å². The van der Waals surface area contributed by atoms with Crippen LogP contribution >= 0.6 is 0 Å². The van der Waals surface area contributed by atoms with Crippen molar-refractivity contribution in [3.63, 3.8) is 0 Å². The first kappa shape index (κ1) is 15.5. The van der Waals surface area contributed by atoms with Gasteiger partial charge in [0.05, 0.1) is 6.61 Å². The molecule has 1 fully saturated rings. The first-order valence-corrected chi connectivity index (χ1v) is 7.58. The van der Waals surface area contributed by atoms with Crippen LogP contribution in [0.15, 0.2) is 6.33 Å². The molecule has 0 saturated carbocycles. The number of aromatic nitrogens is 2. The molecule has 116 valence electrons. The van der Waals surface area contributed by atoms with E-state index in [-0.39, 0.29) is 6.09 Å². The van der Waals surface area contributed by atoms with Gasteiger partial charge in [0.15, 0.2) is 0 Å². The second-order valence-corrected chi connectivity index (χ2v) is 5.35. The van der Waals surface area contributed by atoms with Gasteiger partial charge in [0, 0.05) is 37.4 Å². The lowest BCUT2D eigenvalue weighted by molar-refractivity contribution is 0.0989. The molecule has 2 heterocycles. The third-order valence-corrected chi connectivity index (χ3v) is 3.87. The van der Waals surface area contributed by atoms with Gasteiger partial charge < -0.3 is 14.5 Å². The standard InChI is InChI=1S/C15H24N4O2/c1-4-5-10-21-15(20)19-8-6-18(7-9-19)14-12(2)13(3)16-11-17-14/h11H,4-10H2,1-3H3. The maximum Gasteiger partial charge on any atom is 0.409 e. The summed E-state index contributed by atoms with van der Waals surface area (Å²) in [6.45, 7) is 9.53. The molecule has 0 bridgehead atoms. The van der Waals surface area contributed by atoms with Crippen molar-refractivity contribution < 1.29 is 9.53 Å². The minimum absolute atomic E-state index is 0.196. The number of unbranched alkanes of at least 4 members (excludes halogenated alkanes) is 1. The zero-order chi connectivity index (χ0) is 15.2. The maximum absolute atomic E-state index is 11.9. The number of carbonyl (C=O) groups excluding carboxylic acids is 1. The van der Waals surface area contributed by atoms with Gasteiger partial charge in [-0.25, -0.2) is 14.8 Å². The highest BCUT2D eigenvalue weighted by Gasteiger charge is 2.23. The topological polar surface area (TPSA) is 58.6 Å². The highest BCUT2D eigenvalue weighted by molar-refractivity contribution is 5.68. The summed E-state index contributed by atoms with van der Waals surface area (Å²) in [7, 11) is 0. The fourth-order valence-electron chi connectivity index (χ4n) is 2.34. The fraction of sp³-hybridized carbons (Fsp3) is 0.667. The fourth-order valence-corrected chi connectivity index (χ4v) is 2.34. The van der Waals surface area contributed by atoms with E-state index in [1.54, 1.807) is 11.2 Å². The average molecular weight is 292 g/mol. The van der Waals surface area contributed by atoms with Crippen molar-refractivity contribution in [1.82, 2.24) is 14.9 Å². The largest absolute Gasteiger partial charge is 0.449 e. The van der Waals surface area contributed by atoms with Crippen LogP contribution in [0.25, 0.3) is 0 Å². The van der Waals surface area contributed by atoms with Crippen LogP contribution in [-0.2, 0) is 4.74 Å². The number of amides is 1. The summed E-state index contributed by atoms with van der Waals surface area (Å²) in [5, 5.41) is 0. The molecule has 6 nitrogen and oxygen atoms in total. The van der Waals surface area contributed by atoms with Gasteiger partial charge in [-0.2, -0.15) is 0 Å². The molecule has 1 aromatic rings. The molecule has 0 atom stereocenters. The van der Waals surface area contributed by atoms with Gasteiger partial charge in [-0.05, 0) is 20.3 Å². The Morgan fingerprint density at radius 3 is 2.62 bits per heavy atom. The number of hydrogen-bond acceptors (Lipinski definition) is 5. The number of piperazine rings is 1. The van der Waals surface area contributed by atoms with E-state index in [2.05, 4.69) is 21.8 Å². The van der Waals surface area contributed by atoms with Crippen molar-refractivity contribution >= 4 is 11.9 Å². The molecule has 0 N–H and O–H groups in total. The average Bonchev–Trinajstić information content (AvgIpc) is 2.50. The van der Waals surface area contributed by atoms with E-state index in [0.29, 0.717) is 19.7 Å². The molecule has 2 rings (SSSR count). The van der Waals surface area contributed by atoms with E-state index in [1.165, 1.54) is 0 Å². The third-order valence-electron chi connectivity index (χ3n) is 3.87. The van der Waals surface area contributed by atoms with Gasteiger partial charge >= 0.3 is 6.09 Å². The Balaban J connectivity index is 1.88. The van der Waals surface area contributed by atoms with Gasteiger partial charge in [0.25, 0.3) is 0 Å². The predicted molar refractivity (Wildman–Crippen MR) is 81.5 cm³/mol. The van der Waals surface area contributed by atoms with E-state index in [1.807, 2.05) is 13.8 Å². The molecule has 1 aromatic heterocycles. The highest BCUT2D eigenvalue weighted by Crippen LogP contribution is 2.19. The molecule has 1 saturated heterocycles. The molecule has 21 heavy (non-hydrogen) atoms. The van der Waals surface area contributed by atoms with E-state index >= 15 is 0 Å². The number of aryl methyl sites for hydroxylation is 1. The lowest BCUT2D eigenvalue weighted by Crippen LogP contribution is -2.49. The Bertz CT molecular complexity index is 485. The minimum atomic E-state index is -0.196. The summed E-state index contributed by atoms with van der Waals surface area (Å²) in [5.74, 6) is 0.974. The van der Waals surface area contributed by atoms with Gasteiger partial charge in [0.2, 0.25) is 0 Å². The van der Waals surface area contributed by atoms with E-state index < -0.39 is 0 Å². The Morgan fingerprint density at radius 2 is 1.95 bits per heavy atom. The lowest BCUT2D eigenvalue weighted by atomic mass is 10.2. The van der Waals surface area contributed by atoms with Gasteiger partial charge in [-0.15, -0.1) is 0 Å². The monoisotopic (exact) mass is 292 g/mol. The summed E-state index contributed by atoms with van der Waals surface area (Å²) in [6, 6.07) is 0. The van der Waals surface area contributed by atoms with Crippen molar-refractivity contribution in [3.05, 3.63) is 17.6 Å². The third kappa shape index (κ3) is 3.83. The summed E-state index contributed by atoms with van der Waals surface area (Å²) in [5.41, 5.74) is 2.11. The zero-order valence-electron chi connectivity index (χ0n) is 13.1. The summed E-state index contributed by atoms with van der Waals surface area (Å²) >= 11 is 0. The molecule has 6 heteroatoms. The number of nitrogens with zero attached hydrogens (tertiary/aromatic N) is 4. The van der Waals surface area contributed by atoms with Crippen molar-refractivity contribution in [3.8, 4) is 0 Å². The normalized spacial score (nSPS) is 15.2. The summed E-state index contributed by atoms with van der Waals surface area (Å²) in [6.07, 6.45) is 3.36. The lowest BCUT2D eigenvalue weighted by Gasteiger charge is -2.35. The van der Waals surface area contributed by atoms with Crippen LogP contribution in [0.3, 0.4) is 0 Å². The first-order chi connectivity index (χ1) is 10.1. The molecule has 1 aliphatic heterocycles. The van der Waals surface area contributed by atoms with Crippen LogP contribution in [-0.4, -0.2) is 53.7 Å². The number of ether oxygens (including phenoxy) is 1. The van der Waals surface area contributed by atoms with Crippen LogP contribution in [0.5, 0.6) is 0 Å². The van der Waals surface area contributed by atoms with Crippen molar-refractivity contribution in [1.29, 1.82) is 0 Å². The smallest absolute Gasteiger partial charge is 0.409 e. The zero-order valence-corrected chi connectivity index (χ0v) is 13.1. The number of carbonyl (C=O) groups is 1. The van der Waals surface area contributed by atoms with Crippen LogP contribution in [0.2, 0.25) is 0 Å². The molecule has 1 aliphatic rings. The van der Waals surface area contributed by atoms with Crippen LogP contribution in [0, 0.1) is 13.8 Å². The first-order valence-electron chi connectivity index (χ1n) is 7.58. The van der Waals surface area contributed by atoms with Gasteiger partial charge in [-0.1, -0.05) is 13.3 Å². The Morgan fingerprint density at radius 1 is 1.24 bits per heavy atom. The number of hydrogen-bond donors (Lipinski definition) is 0. The molecule has 0 radical (unpaired) electrons. The maximum atomic E-state index is 11.9. The summed E-state index contributed by atoms with van der Waals surface area (Å²) in [4.78, 5) is 24.4. The highest BCUT2D eigenvalue weighted by atomic mass is 16.6. The predicted octanol–water partition coefficient (Wildman–Crippen LogP) is 2.15. The summed E-state index contributed by atoms with van der Waals surface area (Å²) < 4.78 is 5.25. The van der Waals surface area contributed by atoms with Crippen molar-refractivity contribution in [2.75, 3.05) is 37.7 Å². The molecule has 0 aliphatic carbocycles. The van der Waals surface area contributed by atoms with Crippen LogP contribution in [0.4, 0.5) is 10.6 Å².